The minimum absolute atomic E-state index is 0.257. The fourth-order valence-electron chi connectivity index (χ4n) is 2.76. The molecule has 0 unspecified atom stereocenters. The summed E-state index contributed by atoms with van der Waals surface area (Å²) in [5, 5.41) is 8.17. The van der Waals surface area contributed by atoms with Crippen molar-refractivity contribution in [1.29, 1.82) is 0 Å². The highest BCUT2D eigenvalue weighted by atomic mass is 79.9. The van der Waals surface area contributed by atoms with E-state index in [0.717, 1.165) is 10.0 Å². The van der Waals surface area contributed by atoms with Crippen LogP contribution in [0.25, 0.3) is 22.9 Å². The van der Waals surface area contributed by atoms with E-state index in [2.05, 4.69) is 26.1 Å². The molecule has 0 amide bonds. The molecule has 3 rings (SSSR count). The molecular weight excluding hydrogens is 430 g/mol. The molecule has 1 heterocycles. The second-order valence-corrected chi connectivity index (χ2v) is 8.81. The minimum atomic E-state index is -3.57. The van der Waals surface area contributed by atoms with Crippen LogP contribution in [0.4, 0.5) is 0 Å². The lowest BCUT2D eigenvalue weighted by atomic mass is 10.1. The molecule has 0 aliphatic carbocycles. The molecule has 0 spiro atoms. The van der Waals surface area contributed by atoms with Crippen LogP contribution in [0.5, 0.6) is 0 Å². The Morgan fingerprint density at radius 2 is 1.52 bits per heavy atom. The van der Waals surface area contributed by atoms with Crippen molar-refractivity contribution in [2.45, 2.75) is 25.7 Å². The summed E-state index contributed by atoms with van der Waals surface area (Å²) >= 11 is 3.39. The van der Waals surface area contributed by atoms with E-state index in [1.165, 1.54) is 4.31 Å². The Kier molecular flexibility index (Phi) is 5.78. The van der Waals surface area contributed by atoms with Crippen molar-refractivity contribution in [3.63, 3.8) is 0 Å². The molecule has 0 fully saturated rings. The first-order valence-electron chi connectivity index (χ1n) is 8.57. The molecule has 6 nitrogen and oxygen atoms in total. The van der Waals surface area contributed by atoms with Crippen molar-refractivity contribution >= 4 is 26.0 Å². The highest BCUT2D eigenvalue weighted by molar-refractivity contribution is 9.10. The van der Waals surface area contributed by atoms with E-state index in [0.29, 0.717) is 30.1 Å². The monoisotopic (exact) mass is 449 g/mol. The molecule has 0 atom stereocenters. The number of sulfonamides is 1. The van der Waals surface area contributed by atoms with Gasteiger partial charge in [-0.2, -0.15) is 4.31 Å². The largest absolute Gasteiger partial charge is 0.416 e. The summed E-state index contributed by atoms with van der Waals surface area (Å²) in [7, 11) is -3.57. The summed E-state index contributed by atoms with van der Waals surface area (Å²) in [4.78, 5) is 0.257. The highest BCUT2D eigenvalue weighted by Crippen LogP contribution is 2.29. The van der Waals surface area contributed by atoms with Crippen molar-refractivity contribution in [2.24, 2.45) is 0 Å². The molecule has 1 aromatic heterocycles. The zero-order chi connectivity index (χ0) is 19.6. The summed E-state index contributed by atoms with van der Waals surface area (Å²) in [5.41, 5.74) is 2.04. The number of aromatic nitrogens is 2. The van der Waals surface area contributed by atoms with E-state index in [-0.39, 0.29) is 10.8 Å². The van der Waals surface area contributed by atoms with Crippen LogP contribution in [0.1, 0.15) is 19.4 Å². The van der Waals surface area contributed by atoms with E-state index in [4.69, 9.17) is 4.42 Å². The quantitative estimate of drug-likeness (QED) is 0.553. The maximum Gasteiger partial charge on any atom is 0.248 e. The van der Waals surface area contributed by atoms with Crippen LogP contribution < -0.4 is 0 Å². The predicted octanol–water partition coefficient (Wildman–Crippen LogP) is 4.51. The topological polar surface area (TPSA) is 76.3 Å². The van der Waals surface area contributed by atoms with Gasteiger partial charge in [0.05, 0.1) is 4.90 Å². The third-order valence-corrected chi connectivity index (χ3v) is 7.00. The molecular formula is C19H20BrN3O3S. The zero-order valence-corrected chi connectivity index (χ0v) is 17.7. The Morgan fingerprint density at radius 3 is 2.11 bits per heavy atom. The summed E-state index contributed by atoms with van der Waals surface area (Å²) in [6.45, 7) is 6.25. The van der Waals surface area contributed by atoms with Gasteiger partial charge in [0.15, 0.2) is 0 Å². The number of halogens is 1. The number of aryl methyl sites for hydroxylation is 1. The Hall–Kier alpha value is -2.03. The van der Waals surface area contributed by atoms with Crippen LogP contribution in [-0.2, 0) is 10.0 Å². The third kappa shape index (κ3) is 3.97. The van der Waals surface area contributed by atoms with Crippen LogP contribution in [-0.4, -0.2) is 36.0 Å². The normalized spacial score (nSPS) is 11.9. The molecule has 2 aromatic carbocycles. The fraction of sp³-hybridized carbons (Fsp3) is 0.263. The van der Waals surface area contributed by atoms with Gasteiger partial charge in [-0.3, -0.25) is 0 Å². The van der Waals surface area contributed by atoms with Gasteiger partial charge < -0.3 is 4.42 Å². The van der Waals surface area contributed by atoms with Crippen LogP contribution in [0.15, 0.2) is 56.2 Å². The summed E-state index contributed by atoms with van der Waals surface area (Å²) in [5.74, 6) is 0.662. The van der Waals surface area contributed by atoms with Gasteiger partial charge in [0.2, 0.25) is 21.8 Å². The van der Waals surface area contributed by atoms with Crippen LogP contribution in [0.3, 0.4) is 0 Å². The van der Waals surface area contributed by atoms with Gasteiger partial charge in [0, 0.05) is 28.7 Å². The summed E-state index contributed by atoms with van der Waals surface area (Å²) in [6, 6.07) is 12.7. The van der Waals surface area contributed by atoms with E-state index in [1.54, 1.807) is 25.1 Å². The molecule has 142 valence electrons. The lowest BCUT2D eigenvalue weighted by molar-refractivity contribution is 0.445. The number of nitrogens with zero attached hydrogens (tertiary/aromatic N) is 3. The Bertz CT molecular complexity index is 1040. The molecule has 3 aromatic rings. The molecule has 0 N–H and O–H groups in total. The lowest BCUT2D eigenvalue weighted by Crippen LogP contribution is -2.31. The molecule has 0 aliphatic heterocycles. The first-order valence-corrected chi connectivity index (χ1v) is 10.8. The van der Waals surface area contributed by atoms with Crippen molar-refractivity contribution in [3.05, 3.63) is 52.5 Å². The summed E-state index contributed by atoms with van der Waals surface area (Å²) < 4.78 is 34.0. The van der Waals surface area contributed by atoms with Gasteiger partial charge in [-0.1, -0.05) is 35.8 Å². The summed E-state index contributed by atoms with van der Waals surface area (Å²) in [6.07, 6.45) is 0. The van der Waals surface area contributed by atoms with Crippen molar-refractivity contribution < 1.29 is 12.8 Å². The molecule has 0 aliphatic rings. The molecule has 0 bridgehead atoms. The van der Waals surface area contributed by atoms with Gasteiger partial charge in [-0.05, 0) is 48.9 Å². The SMILES string of the molecule is CCN(CC)S(=O)(=O)c1cc(-c2nnc(-c3ccc(Br)cc3)o2)ccc1C. The van der Waals surface area contributed by atoms with Gasteiger partial charge >= 0.3 is 0 Å². The molecule has 0 saturated carbocycles. The standard InChI is InChI=1S/C19H20BrN3O3S/c1-4-23(5-2)27(24,25)17-12-15(7-6-13(17)3)19-22-21-18(26-19)14-8-10-16(20)11-9-14/h6-12H,4-5H2,1-3H3. The number of hydrogen-bond donors (Lipinski definition) is 0. The van der Waals surface area contributed by atoms with Gasteiger partial charge in [-0.25, -0.2) is 8.42 Å². The average Bonchev–Trinajstić information content (AvgIpc) is 3.13. The maximum atomic E-state index is 12.9. The first kappa shape index (κ1) is 19.7. The minimum Gasteiger partial charge on any atom is -0.416 e. The predicted molar refractivity (Wildman–Crippen MR) is 108 cm³/mol. The van der Waals surface area contributed by atoms with Crippen molar-refractivity contribution in [1.82, 2.24) is 14.5 Å². The number of rotatable bonds is 6. The second-order valence-electron chi connectivity index (χ2n) is 5.99. The van der Waals surface area contributed by atoms with Crippen molar-refractivity contribution in [3.8, 4) is 22.9 Å². The lowest BCUT2D eigenvalue weighted by Gasteiger charge is -2.20. The fourth-order valence-corrected chi connectivity index (χ4v) is 4.74. The van der Waals surface area contributed by atoms with E-state index >= 15 is 0 Å². The Morgan fingerprint density at radius 1 is 0.963 bits per heavy atom. The second kappa shape index (κ2) is 7.92. The Labute approximate surface area is 167 Å². The van der Waals surface area contributed by atoms with Crippen molar-refractivity contribution in [2.75, 3.05) is 13.1 Å². The third-order valence-electron chi connectivity index (χ3n) is 4.27. The van der Waals surface area contributed by atoms with Gasteiger partial charge in [0.25, 0.3) is 0 Å². The van der Waals surface area contributed by atoms with Crippen LogP contribution in [0.2, 0.25) is 0 Å². The smallest absolute Gasteiger partial charge is 0.248 e. The van der Waals surface area contributed by atoms with E-state index in [1.807, 2.05) is 38.1 Å². The zero-order valence-electron chi connectivity index (χ0n) is 15.3. The molecule has 8 heteroatoms. The molecule has 27 heavy (non-hydrogen) atoms. The Balaban J connectivity index is 2.01. The molecule has 0 radical (unpaired) electrons. The number of hydrogen-bond acceptors (Lipinski definition) is 5. The van der Waals surface area contributed by atoms with Crippen LogP contribution >= 0.6 is 15.9 Å². The van der Waals surface area contributed by atoms with E-state index < -0.39 is 10.0 Å². The van der Waals surface area contributed by atoms with Gasteiger partial charge in [-0.15, -0.1) is 10.2 Å². The number of benzene rings is 2. The average molecular weight is 450 g/mol. The van der Waals surface area contributed by atoms with Crippen LogP contribution in [0, 0.1) is 6.92 Å². The highest BCUT2D eigenvalue weighted by Gasteiger charge is 2.24. The van der Waals surface area contributed by atoms with Gasteiger partial charge in [0.1, 0.15) is 0 Å². The first-order chi connectivity index (χ1) is 12.9. The van der Waals surface area contributed by atoms with E-state index in [9.17, 15) is 8.42 Å². The molecule has 0 saturated heterocycles. The maximum absolute atomic E-state index is 12.9.